The Morgan fingerprint density at radius 2 is 1.67 bits per heavy atom. The van der Waals surface area contributed by atoms with E-state index in [9.17, 15) is 0 Å². The highest BCUT2D eigenvalue weighted by Gasteiger charge is 2.19. The maximum atomic E-state index is 5.49. The molecule has 0 radical (unpaired) electrons. The maximum absolute atomic E-state index is 5.49. The highest BCUT2D eigenvalue weighted by Crippen LogP contribution is 2.23. The number of benzene rings is 1. The summed E-state index contributed by atoms with van der Waals surface area (Å²) >= 11 is 0. The fourth-order valence-corrected chi connectivity index (χ4v) is 3.17. The number of ether oxygens (including phenoxy) is 1. The molecular formula is C20H30N6O. The Bertz CT molecular complexity index is 709. The first-order chi connectivity index (χ1) is 13.2. The zero-order valence-corrected chi connectivity index (χ0v) is 16.6. The standard InChI is InChI=1S/C20H30N6O/c1-4-10-25(11-5-2)19-22-18(16-6-8-17(21-3)9-7-16)23-20(24-19)26-12-14-27-15-13-26/h6-9,21H,4-5,10-15H2,1-3H3. The summed E-state index contributed by atoms with van der Waals surface area (Å²) < 4.78 is 5.49. The van der Waals surface area contributed by atoms with Crippen LogP contribution < -0.4 is 15.1 Å². The molecule has 0 unspecified atom stereocenters. The highest BCUT2D eigenvalue weighted by molar-refractivity contribution is 5.62. The molecule has 27 heavy (non-hydrogen) atoms. The molecule has 7 heteroatoms. The molecule has 0 aliphatic carbocycles. The fraction of sp³-hybridized carbons (Fsp3) is 0.550. The average molecular weight is 371 g/mol. The Balaban J connectivity index is 2.00. The van der Waals surface area contributed by atoms with Crippen molar-refractivity contribution in [2.45, 2.75) is 26.7 Å². The maximum Gasteiger partial charge on any atom is 0.230 e. The van der Waals surface area contributed by atoms with Crippen LogP contribution in [0.2, 0.25) is 0 Å². The summed E-state index contributed by atoms with van der Waals surface area (Å²) in [5.74, 6) is 2.23. The monoisotopic (exact) mass is 370 g/mol. The molecule has 0 spiro atoms. The number of nitrogens with zero attached hydrogens (tertiary/aromatic N) is 5. The summed E-state index contributed by atoms with van der Waals surface area (Å²) in [5, 5.41) is 3.15. The van der Waals surface area contributed by atoms with Crippen molar-refractivity contribution in [3.8, 4) is 11.4 Å². The van der Waals surface area contributed by atoms with Gasteiger partial charge in [-0.05, 0) is 37.1 Å². The van der Waals surface area contributed by atoms with Gasteiger partial charge in [0.2, 0.25) is 11.9 Å². The molecule has 2 aromatic rings. The second kappa shape index (κ2) is 9.50. The number of rotatable bonds is 8. The number of hydrogen-bond acceptors (Lipinski definition) is 7. The predicted octanol–water partition coefficient (Wildman–Crippen LogP) is 3.04. The topological polar surface area (TPSA) is 66.4 Å². The van der Waals surface area contributed by atoms with Crippen LogP contribution >= 0.6 is 0 Å². The lowest BCUT2D eigenvalue weighted by Gasteiger charge is -2.28. The number of nitrogens with one attached hydrogen (secondary N) is 1. The lowest BCUT2D eigenvalue weighted by Crippen LogP contribution is -2.38. The molecule has 0 atom stereocenters. The van der Waals surface area contributed by atoms with Crippen LogP contribution in [0.1, 0.15) is 26.7 Å². The second-order valence-corrected chi connectivity index (χ2v) is 6.67. The van der Waals surface area contributed by atoms with E-state index in [1.165, 1.54) is 0 Å². The third-order valence-corrected chi connectivity index (χ3v) is 4.61. The van der Waals surface area contributed by atoms with Crippen molar-refractivity contribution in [2.75, 3.05) is 61.6 Å². The van der Waals surface area contributed by atoms with Crippen LogP contribution in [-0.4, -0.2) is 61.4 Å². The average Bonchev–Trinajstić information content (AvgIpc) is 2.74. The van der Waals surface area contributed by atoms with E-state index in [1.807, 2.05) is 19.2 Å². The second-order valence-electron chi connectivity index (χ2n) is 6.67. The van der Waals surface area contributed by atoms with Gasteiger partial charge in [-0.25, -0.2) is 0 Å². The van der Waals surface area contributed by atoms with E-state index >= 15 is 0 Å². The Morgan fingerprint density at radius 3 is 2.26 bits per heavy atom. The quantitative estimate of drug-likeness (QED) is 0.766. The van der Waals surface area contributed by atoms with E-state index in [4.69, 9.17) is 19.7 Å². The first kappa shape index (κ1) is 19.4. The Kier molecular flexibility index (Phi) is 6.81. The predicted molar refractivity (Wildman–Crippen MR) is 111 cm³/mol. The van der Waals surface area contributed by atoms with Crippen molar-refractivity contribution in [2.24, 2.45) is 0 Å². The number of aromatic nitrogens is 3. The van der Waals surface area contributed by atoms with E-state index in [0.717, 1.165) is 68.0 Å². The van der Waals surface area contributed by atoms with Crippen LogP contribution in [0.25, 0.3) is 11.4 Å². The van der Waals surface area contributed by atoms with E-state index in [1.54, 1.807) is 0 Å². The Morgan fingerprint density at radius 1 is 1.00 bits per heavy atom. The lowest BCUT2D eigenvalue weighted by atomic mass is 10.2. The van der Waals surface area contributed by atoms with Gasteiger partial charge >= 0.3 is 0 Å². The molecule has 1 fully saturated rings. The molecule has 0 amide bonds. The van der Waals surface area contributed by atoms with Crippen molar-refractivity contribution in [1.82, 2.24) is 15.0 Å². The largest absolute Gasteiger partial charge is 0.388 e. The molecule has 146 valence electrons. The normalized spacial score (nSPS) is 14.3. The number of morpholine rings is 1. The first-order valence-corrected chi connectivity index (χ1v) is 9.87. The van der Waals surface area contributed by atoms with Gasteiger partial charge in [-0.3, -0.25) is 0 Å². The van der Waals surface area contributed by atoms with Gasteiger partial charge in [0.15, 0.2) is 5.82 Å². The van der Waals surface area contributed by atoms with Crippen LogP contribution in [0.15, 0.2) is 24.3 Å². The number of anilines is 3. The molecule has 1 aromatic carbocycles. The van der Waals surface area contributed by atoms with Crippen LogP contribution in [-0.2, 0) is 4.74 Å². The van der Waals surface area contributed by atoms with Crippen LogP contribution in [0.4, 0.5) is 17.6 Å². The highest BCUT2D eigenvalue weighted by atomic mass is 16.5. The molecule has 7 nitrogen and oxygen atoms in total. The molecule has 1 saturated heterocycles. The smallest absolute Gasteiger partial charge is 0.230 e. The van der Waals surface area contributed by atoms with Crippen molar-refractivity contribution in [1.29, 1.82) is 0 Å². The number of hydrogen-bond donors (Lipinski definition) is 1. The van der Waals surface area contributed by atoms with Gasteiger partial charge < -0.3 is 19.9 Å². The Hall–Kier alpha value is -2.41. The molecular weight excluding hydrogens is 340 g/mol. The van der Waals surface area contributed by atoms with Gasteiger partial charge in [0, 0.05) is 44.5 Å². The molecule has 1 N–H and O–H groups in total. The SMILES string of the molecule is CCCN(CCC)c1nc(-c2ccc(NC)cc2)nc(N2CCOCC2)n1. The van der Waals surface area contributed by atoms with Gasteiger partial charge in [0.1, 0.15) is 0 Å². The van der Waals surface area contributed by atoms with Crippen molar-refractivity contribution in [3.63, 3.8) is 0 Å². The molecule has 0 bridgehead atoms. The summed E-state index contributed by atoms with van der Waals surface area (Å²) in [6.45, 7) is 9.29. The summed E-state index contributed by atoms with van der Waals surface area (Å²) in [4.78, 5) is 18.9. The van der Waals surface area contributed by atoms with Crippen LogP contribution in [0.3, 0.4) is 0 Å². The van der Waals surface area contributed by atoms with E-state index in [-0.39, 0.29) is 0 Å². The lowest BCUT2D eigenvalue weighted by molar-refractivity contribution is 0.122. The van der Waals surface area contributed by atoms with E-state index in [2.05, 4.69) is 41.1 Å². The summed E-state index contributed by atoms with van der Waals surface area (Å²) in [5.41, 5.74) is 2.07. The zero-order chi connectivity index (χ0) is 19.1. The van der Waals surface area contributed by atoms with Gasteiger partial charge in [0.05, 0.1) is 13.2 Å². The van der Waals surface area contributed by atoms with Crippen molar-refractivity contribution >= 4 is 17.6 Å². The molecule has 1 aromatic heterocycles. The van der Waals surface area contributed by atoms with Gasteiger partial charge in [-0.15, -0.1) is 0 Å². The summed E-state index contributed by atoms with van der Waals surface area (Å²) in [7, 11) is 1.92. The summed E-state index contributed by atoms with van der Waals surface area (Å²) in [6.07, 6.45) is 2.12. The van der Waals surface area contributed by atoms with Gasteiger partial charge in [0.25, 0.3) is 0 Å². The van der Waals surface area contributed by atoms with E-state index in [0.29, 0.717) is 13.2 Å². The minimum atomic E-state index is 0.709. The van der Waals surface area contributed by atoms with Crippen LogP contribution in [0, 0.1) is 0 Å². The zero-order valence-electron chi connectivity index (χ0n) is 16.6. The first-order valence-electron chi connectivity index (χ1n) is 9.87. The van der Waals surface area contributed by atoms with Gasteiger partial charge in [-0.1, -0.05) is 13.8 Å². The molecule has 1 aliphatic rings. The van der Waals surface area contributed by atoms with Crippen molar-refractivity contribution in [3.05, 3.63) is 24.3 Å². The molecule has 1 aliphatic heterocycles. The third-order valence-electron chi connectivity index (χ3n) is 4.61. The summed E-state index contributed by atoms with van der Waals surface area (Å²) in [6, 6.07) is 8.20. The van der Waals surface area contributed by atoms with Gasteiger partial charge in [-0.2, -0.15) is 15.0 Å². The minimum absolute atomic E-state index is 0.709. The van der Waals surface area contributed by atoms with E-state index < -0.39 is 0 Å². The minimum Gasteiger partial charge on any atom is -0.388 e. The third kappa shape index (κ3) is 4.86. The fourth-order valence-electron chi connectivity index (χ4n) is 3.17. The molecule has 2 heterocycles. The Labute approximate surface area is 161 Å². The molecule has 3 rings (SSSR count). The van der Waals surface area contributed by atoms with Crippen LogP contribution in [0.5, 0.6) is 0 Å². The van der Waals surface area contributed by atoms with Crippen molar-refractivity contribution < 1.29 is 4.74 Å². The molecule has 0 saturated carbocycles.